The van der Waals surface area contributed by atoms with Crippen LogP contribution >= 0.6 is 0 Å². The van der Waals surface area contributed by atoms with Crippen LogP contribution in [-0.2, 0) is 0 Å². The summed E-state index contributed by atoms with van der Waals surface area (Å²) in [4.78, 5) is 25.8. The Hall–Kier alpha value is -2.56. The number of rotatable bonds is 4. The zero-order valence-corrected chi connectivity index (χ0v) is 12.3. The Bertz CT molecular complexity index is 732. The molecule has 0 atom stereocenters. The second-order valence-corrected chi connectivity index (χ2v) is 5.56. The second-order valence-electron chi connectivity index (χ2n) is 5.56. The minimum atomic E-state index is -0.268. The molecule has 0 bridgehead atoms. The third kappa shape index (κ3) is 3.03. The van der Waals surface area contributed by atoms with Crippen LogP contribution in [0.15, 0.2) is 47.4 Å². The quantitative estimate of drug-likeness (QED) is 0.907. The zero-order chi connectivity index (χ0) is 15.5. The number of nitrogens with one attached hydrogen (secondary N) is 2. The van der Waals surface area contributed by atoms with Gasteiger partial charge in [-0.15, -0.1) is 0 Å². The van der Waals surface area contributed by atoms with E-state index >= 15 is 0 Å². The first-order valence-electron chi connectivity index (χ1n) is 7.29. The Labute approximate surface area is 128 Å². The van der Waals surface area contributed by atoms with Crippen molar-refractivity contribution in [2.45, 2.75) is 24.8 Å². The molecule has 1 aliphatic rings. The fourth-order valence-electron chi connectivity index (χ4n) is 2.76. The normalized spacial score (nSPS) is 20.0. The van der Waals surface area contributed by atoms with Crippen LogP contribution in [0.2, 0.25) is 0 Å². The van der Waals surface area contributed by atoms with Crippen LogP contribution in [0.5, 0.6) is 5.75 Å². The van der Waals surface area contributed by atoms with Crippen molar-refractivity contribution in [1.29, 1.82) is 0 Å². The molecule has 1 fully saturated rings. The van der Waals surface area contributed by atoms with Gasteiger partial charge in [0.15, 0.2) is 0 Å². The maximum absolute atomic E-state index is 12.1. The predicted octanol–water partition coefficient (Wildman–Crippen LogP) is 2.06. The van der Waals surface area contributed by atoms with E-state index in [9.17, 15) is 9.59 Å². The molecule has 1 aliphatic carbocycles. The number of hydrogen-bond acceptors (Lipinski definition) is 3. The lowest BCUT2D eigenvalue weighted by Crippen LogP contribution is -2.43. The number of pyridine rings is 1. The molecule has 5 heteroatoms. The summed E-state index contributed by atoms with van der Waals surface area (Å²) in [5.41, 5.74) is 1.37. The molecule has 2 aromatic rings. The van der Waals surface area contributed by atoms with Gasteiger partial charge in [0, 0.05) is 23.9 Å². The summed E-state index contributed by atoms with van der Waals surface area (Å²) in [5.74, 6) is 1.10. The average molecular weight is 298 g/mol. The van der Waals surface area contributed by atoms with Crippen molar-refractivity contribution in [2.24, 2.45) is 0 Å². The van der Waals surface area contributed by atoms with Crippen LogP contribution in [0.25, 0.3) is 0 Å². The van der Waals surface area contributed by atoms with Gasteiger partial charge in [0.05, 0.1) is 7.11 Å². The number of carbonyl (C=O) groups is 1. The first kappa shape index (κ1) is 14.4. The van der Waals surface area contributed by atoms with Crippen molar-refractivity contribution in [1.82, 2.24) is 10.3 Å². The van der Waals surface area contributed by atoms with E-state index in [0.29, 0.717) is 11.5 Å². The summed E-state index contributed by atoms with van der Waals surface area (Å²) < 4.78 is 5.23. The van der Waals surface area contributed by atoms with Gasteiger partial charge < -0.3 is 15.0 Å². The molecule has 0 radical (unpaired) electrons. The molecule has 2 N–H and O–H groups in total. The van der Waals surface area contributed by atoms with Gasteiger partial charge in [0.1, 0.15) is 5.75 Å². The summed E-state index contributed by atoms with van der Waals surface area (Å²) >= 11 is 0. The second kappa shape index (κ2) is 6.05. The van der Waals surface area contributed by atoms with E-state index in [1.54, 1.807) is 13.2 Å². The van der Waals surface area contributed by atoms with Gasteiger partial charge in [0.25, 0.3) is 5.91 Å². The van der Waals surface area contributed by atoms with Gasteiger partial charge in [-0.2, -0.15) is 0 Å². The Kier molecular flexibility index (Phi) is 3.96. The Morgan fingerprint density at radius 2 is 2.09 bits per heavy atom. The van der Waals surface area contributed by atoms with Gasteiger partial charge in [-0.1, -0.05) is 12.1 Å². The predicted molar refractivity (Wildman–Crippen MR) is 83.3 cm³/mol. The molecule has 22 heavy (non-hydrogen) atoms. The number of hydrogen-bond donors (Lipinski definition) is 2. The Balaban J connectivity index is 1.57. The molecule has 1 heterocycles. The lowest BCUT2D eigenvalue weighted by atomic mass is 9.76. The minimum absolute atomic E-state index is 0.156. The highest BCUT2D eigenvalue weighted by Gasteiger charge is 2.31. The van der Waals surface area contributed by atoms with E-state index in [1.165, 1.54) is 17.8 Å². The molecular formula is C17H18N2O3. The van der Waals surface area contributed by atoms with Crippen LogP contribution in [0.4, 0.5) is 0 Å². The SMILES string of the molecule is COc1cccc(C2CC(NC(=O)c3cc[nH]c(=O)c3)C2)c1. The third-order valence-corrected chi connectivity index (χ3v) is 4.08. The number of carbonyl (C=O) groups excluding carboxylic acids is 1. The fourth-order valence-corrected chi connectivity index (χ4v) is 2.76. The molecule has 1 amide bonds. The third-order valence-electron chi connectivity index (χ3n) is 4.08. The molecule has 0 saturated heterocycles. The zero-order valence-electron chi connectivity index (χ0n) is 12.3. The highest BCUT2D eigenvalue weighted by molar-refractivity contribution is 5.94. The van der Waals surface area contributed by atoms with Crippen LogP contribution in [0.1, 0.15) is 34.7 Å². The largest absolute Gasteiger partial charge is 0.497 e. The number of amides is 1. The molecule has 1 saturated carbocycles. The summed E-state index contributed by atoms with van der Waals surface area (Å²) in [5, 5.41) is 2.97. The van der Waals surface area contributed by atoms with E-state index in [-0.39, 0.29) is 17.5 Å². The van der Waals surface area contributed by atoms with Crippen molar-refractivity contribution < 1.29 is 9.53 Å². The van der Waals surface area contributed by atoms with Gasteiger partial charge in [-0.3, -0.25) is 9.59 Å². The number of benzene rings is 1. The molecule has 0 aliphatic heterocycles. The maximum Gasteiger partial charge on any atom is 0.251 e. The molecular weight excluding hydrogens is 280 g/mol. The molecule has 3 rings (SSSR count). The van der Waals surface area contributed by atoms with Crippen LogP contribution in [-0.4, -0.2) is 24.0 Å². The maximum atomic E-state index is 12.1. The molecule has 1 aromatic carbocycles. The molecule has 114 valence electrons. The van der Waals surface area contributed by atoms with Gasteiger partial charge in [-0.25, -0.2) is 0 Å². The van der Waals surface area contributed by atoms with E-state index in [0.717, 1.165) is 18.6 Å². The highest BCUT2D eigenvalue weighted by atomic mass is 16.5. The first-order valence-corrected chi connectivity index (χ1v) is 7.29. The van der Waals surface area contributed by atoms with E-state index < -0.39 is 0 Å². The number of H-pyrrole nitrogens is 1. The molecule has 0 spiro atoms. The lowest BCUT2D eigenvalue weighted by molar-refractivity contribution is 0.0908. The van der Waals surface area contributed by atoms with Crippen molar-refractivity contribution in [3.05, 3.63) is 64.1 Å². The van der Waals surface area contributed by atoms with Crippen molar-refractivity contribution in [3.63, 3.8) is 0 Å². The fraction of sp³-hybridized carbons (Fsp3) is 0.294. The standard InChI is InChI=1S/C17H18N2O3/c1-22-15-4-2-3-11(9-15)13-7-14(8-13)19-17(21)12-5-6-18-16(20)10-12/h2-6,9-10,13-14H,7-8H2,1H3,(H,18,20)(H,19,21). The number of ether oxygens (including phenoxy) is 1. The van der Waals surface area contributed by atoms with Gasteiger partial charge >= 0.3 is 0 Å². The van der Waals surface area contributed by atoms with Crippen LogP contribution in [0.3, 0.4) is 0 Å². The number of methoxy groups -OCH3 is 1. The summed E-state index contributed by atoms with van der Waals surface area (Å²) in [6.45, 7) is 0. The molecule has 0 unspecified atom stereocenters. The molecule has 1 aromatic heterocycles. The number of aromatic nitrogens is 1. The van der Waals surface area contributed by atoms with Crippen LogP contribution < -0.4 is 15.6 Å². The summed E-state index contributed by atoms with van der Waals surface area (Å²) in [7, 11) is 1.66. The average Bonchev–Trinajstić information content (AvgIpc) is 2.50. The first-order chi connectivity index (χ1) is 10.7. The lowest BCUT2D eigenvalue weighted by Gasteiger charge is -2.36. The van der Waals surface area contributed by atoms with Gasteiger partial charge in [-0.05, 0) is 42.5 Å². The Morgan fingerprint density at radius 1 is 1.27 bits per heavy atom. The topological polar surface area (TPSA) is 71.2 Å². The van der Waals surface area contributed by atoms with E-state index in [1.807, 2.05) is 18.2 Å². The van der Waals surface area contributed by atoms with E-state index in [2.05, 4.69) is 16.4 Å². The monoisotopic (exact) mass is 298 g/mol. The number of aromatic amines is 1. The van der Waals surface area contributed by atoms with Crippen molar-refractivity contribution in [2.75, 3.05) is 7.11 Å². The highest BCUT2D eigenvalue weighted by Crippen LogP contribution is 2.38. The summed E-state index contributed by atoms with van der Waals surface area (Å²) in [6, 6.07) is 11.1. The van der Waals surface area contributed by atoms with Crippen molar-refractivity contribution >= 4 is 5.91 Å². The smallest absolute Gasteiger partial charge is 0.251 e. The summed E-state index contributed by atoms with van der Waals surface area (Å²) in [6.07, 6.45) is 3.29. The van der Waals surface area contributed by atoms with Crippen molar-refractivity contribution in [3.8, 4) is 5.75 Å². The Morgan fingerprint density at radius 3 is 2.82 bits per heavy atom. The van der Waals surface area contributed by atoms with Gasteiger partial charge in [0.2, 0.25) is 5.56 Å². The minimum Gasteiger partial charge on any atom is -0.497 e. The van der Waals surface area contributed by atoms with Crippen LogP contribution in [0, 0.1) is 0 Å². The van der Waals surface area contributed by atoms with E-state index in [4.69, 9.17) is 4.74 Å². The molecule has 5 nitrogen and oxygen atoms in total.